The quantitative estimate of drug-likeness (QED) is 0.841. The van der Waals surface area contributed by atoms with E-state index in [1.54, 1.807) is 0 Å². The number of rotatable bonds is 4. The monoisotopic (exact) mass is 283 g/mol. The average Bonchev–Trinajstić information content (AvgIpc) is 2.70. The van der Waals surface area contributed by atoms with Gasteiger partial charge < -0.3 is 4.74 Å². The van der Waals surface area contributed by atoms with Gasteiger partial charge in [0.2, 0.25) is 0 Å². The standard InChI is InChI=1S/C13H18BrNO/c1-2-8-15-9-7-13(10-15)16-12-5-3-11(14)4-6-12/h3-6,13H,2,7-10H2,1H3. The van der Waals surface area contributed by atoms with E-state index in [9.17, 15) is 0 Å². The van der Waals surface area contributed by atoms with E-state index in [0.717, 1.165) is 23.2 Å². The molecule has 0 amide bonds. The number of hydrogen-bond donors (Lipinski definition) is 0. The maximum atomic E-state index is 5.94. The molecule has 1 aromatic rings. The fraction of sp³-hybridized carbons (Fsp3) is 0.538. The molecule has 0 spiro atoms. The number of benzene rings is 1. The highest BCUT2D eigenvalue weighted by molar-refractivity contribution is 9.10. The minimum Gasteiger partial charge on any atom is -0.489 e. The maximum absolute atomic E-state index is 5.94. The minimum atomic E-state index is 0.368. The number of ether oxygens (including phenoxy) is 1. The molecule has 0 aliphatic carbocycles. The van der Waals surface area contributed by atoms with Crippen molar-refractivity contribution in [1.82, 2.24) is 4.90 Å². The lowest BCUT2D eigenvalue weighted by Crippen LogP contribution is -2.25. The molecule has 1 unspecified atom stereocenters. The van der Waals surface area contributed by atoms with Crippen LogP contribution < -0.4 is 4.74 Å². The molecule has 1 aromatic carbocycles. The van der Waals surface area contributed by atoms with Crippen molar-refractivity contribution in [3.8, 4) is 5.75 Å². The Morgan fingerprint density at radius 2 is 2.12 bits per heavy atom. The second-order valence-electron chi connectivity index (χ2n) is 4.28. The number of halogens is 1. The van der Waals surface area contributed by atoms with Crippen LogP contribution in [0.1, 0.15) is 19.8 Å². The van der Waals surface area contributed by atoms with Crippen LogP contribution in [0.4, 0.5) is 0 Å². The van der Waals surface area contributed by atoms with E-state index in [4.69, 9.17) is 4.74 Å². The van der Waals surface area contributed by atoms with Gasteiger partial charge in [-0.15, -0.1) is 0 Å². The van der Waals surface area contributed by atoms with E-state index >= 15 is 0 Å². The van der Waals surface area contributed by atoms with Crippen LogP contribution in [-0.4, -0.2) is 30.6 Å². The molecule has 1 saturated heterocycles. The van der Waals surface area contributed by atoms with Crippen LogP contribution in [0.5, 0.6) is 5.75 Å². The molecule has 2 nitrogen and oxygen atoms in total. The Bertz CT molecular complexity index is 325. The molecule has 1 fully saturated rings. The van der Waals surface area contributed by atoms with Gasteiger partial charge in [-0.25, -0.2) is 0 Å². The summed E-state index contributed by atoms with van der Waals surface area (Å²) in [5.74, 6) is 0.978. The fourth-order valence-corrected chi connectivity index (χ4v) is 2.38. The molecule has 1 aliphatic rings. The van der Waals surface area contributed by atoms with Crippen LogP contribution in [0.2, 0.25) is 0 Å². The summed E-state index contributed by atoms with van der Waals surface area (Å²) in [6, 6.07) is 8.08. The van der Waals surface area contributed by atoms with E-state index in [2.05, 4.69) is 27.8 Å². The van der Waals surface area contributed by atoms with Crippen LogP contribution in [0, 0.1) is 0 Å². The average molecular weight is 284 g/mol. The van der Waals surface area contributed by atoms with Crippen molar-refractivity contribution in [2.45, 2.75) is 25.9 Å². The van der Waals surface area contributed by atoms with Crippen LogP contribution in [0.15, 0.2) is 28.7 Å². The molecule has 2 rings (SSSR count). The van der Waals surface area contributed by atoms with E-state index in [1.807, 2.05) is 24.3 Å². The van der Waals surface area contributed by atoms with Crippen molar-refractivity contribution in [3.05, 3.63) is 28.7 Å². The lowest BCUT2D eigenvalue weighted by molar-refractivity contribution is 0.200. The third-order valence-electron chi connectivity index (χ3n) is 2.89. The van der Waals surface area contributed by atoms with Gasteiger partial charge in [0.05, 0.1) is 0 Å². The lowest BCUT2D eigenvalue weighted by atomic mass is 10.3. The van der Waals surface area contributed by atoms with Crippen LogP contribution >= 0.6 is 15.9 Å². The summed E-state index contributed by atoms with van der Waals surface area (Å²) >= 11 is 3.42. The molecule has 0 radical (unpaired) electrons. The summed E-state index contributed by atoms with van der Waals surface area (Å²) in [4.78, 5) is 2.48. The van der Waals surface area contributed by atoms with Crippen molar-refractivity contribution >= 4 is 15.9 Å². The van der Waals surface area contributed by atoms with E-state index < -0.39 is 0 Å². The highest BCUT2D eigenvalue weighted by Crippen LogP contribution is 2.20. The first-order valence-corrected chi connectivity index (χ1v) is 6.72. The molecule has 0 bridgehead atoms. The molecular weight excluding hydrogens is 266 g/mol. The van der Waals surface area contributed by atoms with Gasteiger partial charge in [-0.05, 0) is 43.7 Å². The maximum Gasteiger partial charge on any atom is 0.119 e. The predicted molar refractivity (Wildman–Crippen MR) is 69.9 cm³/mol. The Morgan fingerprint density at radius 3 is 2.81 bits per heavy atom. The summed E-state index contributed by atoms with van der Waals surface area (Å²) in [5.41, 5.74) is 0. The summed E-state index contributed by atoms with van der Waals surface area (Å²) in [7, 11) is 0. The molecule has 1 heterocycles. The molecular formula is C13H18BrNO. The molecule has 16 heavy (non-hydrogen) atoms. The second-order valence-corrected chi connectivity index (χ2v) is 5.20. The van der Waals surface area contributed by atoms with Crippen molar-refractivity contribution < 1.29 is 4.74 Å². The number of hydrogen-bond acceptors (Lipinski definition) is 2. The summed E-state index contributed by atoms with van der Waals surface area (Å²) in [6.45, 7) is 5.67. The van der Waals surface area contributed by atoms with Gasteiger partial charge in [-0.2, -0.15) is 0 Å². The first-order valence-electron chi connectivity index (χ1n) is 5.92. The third-order valence-corrected chi connectivity index (χ3v) is 3.41. The Labute approximate surface area is 106 Å². The molecule has 0 saturated carbocycles. The molecule has 1 aliphatic heterocycles. The highest BCUT2D eigenvalue weighted by atomic mass is 79.9. The van der Waals surface area contributed by atoms with E-state index in [0.29, 0.717) is 6.10 Å². The molecule has 0 N–H and O–H groups in total. The van der Waals surface area contributed by atoms with Gasteiger partial charge in [-0.3, -0.25) is 4.90 Å². The van der Waals surface area contributed by atoms with Crippen LogP contribution in [-0.2, 0) is 0 Å². The molecule has 0 aromatic heterocycles. The summed E-state index contributed by atoms with van der Waals surface area (Å²) < 4.78 is 7.04. The Morgan fingerprint density at radius 1 is 1.38 bits per heavy atom. The third kappa shape index (κ3) is 3.22. The normalized spacial score (nSPS) is 21.2. The van der Waals surface area contributed by atoms with Gasteiger partial charge in [0.25, 0.3) is 0 Å². The zero-order valence-electron chi connectivity index (χ0n) is 9.66. The molecule has 3 heteroatoms. The van der Waals surface area contributed by atoms with E-state index in [1.165, 1.54) is 19.5 Å². The van der Waals surface area contributed by atoms with Gasteiger partial charge in [0, 0.05) is 17.6 Å². The van der Waals surface area contributed by atoms with Gasteiger partial charge in [-0.1, -0.05) is 22.9 Å². The van der Waals surface area contributed by atoms with E-state index in [-0.39, 0.29) is 0 Å². The lowest BCUT2D eigenvalue weighted by Gasteiger charge is -2.16. The minimum absolute atomic E-state index is 0.368. The Balaban J connectivity index is 1.84. The van der Waals surface area contributed by atoms with Crippen molar-refractivity contribution in [3.63, 3.8) is 0 Å². The zero-order chi connectivity index (χ0) is 11.4. The van der Waals surface area contributed by atoms with Gasteiger partial charge in [0.1, 0.15) is 11.9 Å². The van der Waals surface area contributed by atoms with Gasteiger partial charge in [0.15, 0.2) is 0 Å². The zero-order valence-corrected chi connectivity index (χ0v) is 11.2. The van der Waals surface area contributed by atoms with Crippen molar-refractivity contribution in [2.24, 2.45) is 0 Å². The first kappa shape index (κ1) is 11.9. The highest BCUT2D eigenvalue weighted by Gasteiger charge is 2.22. The van der Waals surface area contributed by atoms with Crippen LogP contribution in [0.25, 0.3) is 0 Å². The SMILES string of the molecule is CCCN1CCC(Oc2ccc(Br)cc2)C1. The van der Waals surface area contributed by atoms with Gasteiger partial charge >= 0.3 is 0 Å². The molecule has 1 atom stereocenters. The Hall–Kier alpha value is -0.540. The predicted octanol–water partition coefficient (Wildman–Crippen LogP) is 3.31. The fourth-order valence-electron chi connectivity index (χ4n) is 2.12. The number of nitrogens with zero attached hydrogens (tertiary/aromatic N) is 1. The van der Waals surface area contributed by atoms with Crippen molar-refractivity contribution in [1.29, 1.82) is 0 Å². The second kappa shape index (κ2) is 5.69. The topological polar surface area (TPSA) is 12.5 Å². The first-order chi connectivity index (χ1) is 7.78. The number of likely N-dealkylation sites (tertiary alicyclic amines) is 1. The Kier molecular flexibility index (Phi) is 4.24. The van der Waals surface area contributed by atoms with Crippen molar-refractivity contribution in [2.75, 3.05) is 19.6 Å². The summed E-state index contributed by atoms with van der Waals surface area (Å²) in [6.07, 6.45) is 2.74. The van der Waals surface area contributed by atoms with Crippen LogP contribution in [0.3, 0.4) is 0 Å². The largest absolute Gasteiger partial charge is 0.489 e. The smallest absolute Gasteiger partial charge is 0.119 e. The molecule has 88 valence electrons. The summed E-state index contributed by atoms with van der Waals surface area (Å²) in [5, 5.41) is 0.